The molecule has 0 aliphatic heterocycles. The number of fused-ring (bicyclic) bond motifs is 1. The van der Waals surface area contributed by atoms with E-state index in [-0.39, 0.29) is 0 Å². The van der Waals surface area contributed by atoms with E-state index in [0.717, 1.165) is 15.1 Å². The van der Waals surface area contributed by atoms with Gasteiger partial charge in [0.15, 0.2) is 0 Å². The summed E-state index contributed by atoms with van der Waals surface area (Å²) in [6.45, 7) is 0. The second-order valence-electron chi connectivity index (χ2n) is 3.72. The third kappa shape index (κ3) is 1.90. The molecule has 3 rings (SSSR count). The highest BCUT2D eigenvalue weighted by Crippen LogP contribution is 2.44. The van der Waals surface area contributed by atoms with Crippen molar-refractivity contribution in [3.8, 4) is 10.4 Å². The molecule has 3 aromatic rings. The maximum Gasteiger partial charge on any atom is 0.0512 e. The van der Waals surface area contributed by atoms with Gasteiger partial charge in [-0.3, -0.25) is 0 Å². The van der Waals surface area contributed by atoms with Crippen LogP contribution in [-0.2, 0) is 0 Å². The van der Waals surface area contributed by atoms with E-state index >= 15 is 0 Å². The summed E-state index contributed by atoms with van der Waals surface area (Å²) in [7, 11) is 0. The van der Waals surface area contributed by atoms with Gasteiger partial charge in [-0.15, -0.1) is 11.3 Å². The van der Waals surface area contributed by atoms with E-state index in [1.165, 1.54) is 15.0 Å². The Balaban J connectivity index is 2.32. The number of halogens is 2. The second kappa shape index (κ2) is 4.45. The summed E-state index contributed by atoms with van der Waals surface area (Å²) in [4.78, 5) is 1.19. The van der Waals surface area contributed by atoms with Gasteiger partial charge in [0.05, 0.1) is 4.88 Å². The molecule has 0 amide bonds. The van der Waals surface area contributed by atoms with Crippen molar-refractivity contribution in [2.75, 3.05) is 0 Å². The fourth-order valence-electron chi connectivity index (χ4n) is 1.83. The van der Waals surface area contributed by atoms with Crippen LogP contribution in [0.5, 0.6) is 0 Å². The molecule has 17 heavy (non-hydrogen) atoms. The van der Waals surface area contributed by atoms with Crippen LogP contribution in [0.4, 0.5) is 0 Å². The van der Waals surface area contributed by atoms with Crippen LogP contribution >= 0.6 is 38.9 Å². The van der Waals surface area contributed by atoms with E-state index in [1.807, 2.05) is 18.2 Å². The van der Waals surface area contributed by atoms with Crippen molar-refractivity contribution in [3.63, 3.8) is 0 Å². The molecule has 1 heterocycles. The number of hydrogen-bond donors (Lipinski definition) is 0. The fourth-order valence-corrected chi connectivity index (χ4v) is 4.19. The molecule has 0 fully saturated rings. The predicted molar refractivity (Wildman–Crippen MR) is 80.0 cm³/mol. The molecule has 0 saturated heterocycles. The Bertz CT molecular complexity index is 688. The van der Waals surface area contributed by atoms with Gasteiger partial charge in [-0.2, -0.15) is 0 Å². The molecule has 84 valence electrons. The standard InChI is InChI=1S/C14H8BrClS/c15-13-10-6-2-4-8-12(10)17-14(13)9-5-1-3-7-11(9)16/h1-8H. The lowest BCUT2D eigenvalue weighted by atomic mass is 10.1. The zero-order valence-corrected chi connectivity index (χ0v) is 11.9. The maximum atomic E-state index is 6.24. The van der Waals surface area contributed by atoms with Gasteiger partial charge < -0.3 is 0 Å². The van der Waals surface area contributed by atoms with Crippen LogP contribution in [0.25, 0.3) is 20.5 Å². The van der Waals surface area contributed by atoms with E-state index < -0.39 is 0 Å². The van der Waals surface area contributed by atoms with Crippen LogP contribution in [0.3, 0.4) is 0 Å². The van der Waals surface area contributed by atoms with Gasteiger partial charge >= 0.3 is 0 Å². The molecule has 2 aromatic carbocycles. The minimum absolute atomic E-state index is 0.791. The fraction of sp³-hybridized carbons (Fsp3) is 0. The zero-order valence-electron chi connectivity index (χ0n) is 8.78. The maximum absolute atomic E-state index is 6.24. The average Bonchev–Trinajstić information content (AvgIpc) is 2.68. The molecular weight excluding hydrogens is 316 g/mol. The van der Waals surface area contributed by atoms with Crippen molar-refractivity contribution in [2.24, 2.45) is 0 Å². The number of benzene rings is 2. The number of hydrogen-bond acceptors (Lipinski definition) is 1. The van der Waals surface area contributed by atoms with Crippen molar-refractivity contribution in [1.82, 2.24) is 0 Å². The van der Waals surface area contributed by atoms with E-state index in [2.05, 4.69) is 46.3 Å². The van der Waals surface area contributed by atoms with Crippen LogP contribution in [0, 0.1) is 0 Å². The van der Waals surface area contributed by atoms with Gasteiger partial charge in [-0.25, -0.2) is 0 Å². The van der Waals surface area contributed by atoms with Crippen molar-refractivity contribution < 1.29 is 0 Å². The third-order valence-electron chi connectivity index (χ3n) is 2.65. The quantitative estimate of drug-likeness (QED) is 0.516. The Morgan fingerprint density at radius 2 is 1.65 bits per heavy atom. The van der Waals surface area contributed by atoms with Gasteiger partial charge in [0, 0.05) is 25.1 Å². The Kier molecular flexibility index (Phi) is 2.95. The smallest absolute Gasteiger partial charge is 0.0512 e. The van der Waals surface area contributed by atoms with Crippen LogP contribution in [0.15, 0.2) is 53.0 Å². The topological polar surface area (TPSA) is 0 Å². The second-order valence-corrected chi connectivity index (χ2v) is 5.97. The molecule has 0 radical (unpaired) electrons. The third-order valence-corrected chi connectivity index (χ3v) is 5.27. The SMILES string of the molecule is Clc1ccccc1-c1sc2ccccc2c1Br. The molecule has 1 aromatic heterocycles. The monoisotopic (exact) mass is 322 g/mol. The highest BCUT2D eigenvalue weighted by molar-refractivity contribution is 9.10. The highest BCUT2D eigenvalue weighted by atomic mass is 79.9. The Labute approximate surface area is 117 Å². The lowest BCUT2D eigenvalue weighted by molar-refractivity contribution is 1.69. The predicted octanol–water partition coefficient (Wildman–Crippen LogP) is 5.98. The summed E-state index contributed by atoms with van der Waals surface area (Å²) in [5, 5.41) is 2.03. The van der Waals surface area contributed by atoms with Gasteiger partial charge in [0.1, 0.15) is 0 Å². The molecule has 0 bridgehead atoms. The van der Waals surface area contributed by atoms with Crippen molar-refractivity contribution in [2.45, 2.75) is 0 Å². The molecule has 0 unspecified atom stereocenters. The van der Waals surface area contributed by atoms with Crippen molar-refractivity contribution >= 4 is 49.0 Å². The first-order chi connectivity index (χ1) is 8.27. The molecular formula is C14H8BrClS. The summed E-state index contributed by atoms with van der Waals surface area (Å²) >= 11 is 11.7. The lowest BCUT2D eigenvalue weighted by Crippen LogP contribution is -1.74. The molecule has 0 spiro atoms. The first kappa shape index (κ1) is 11.3. The molecule has 0 N–H and O–H groups in total. The van der Waals surface area contributed by atoms with E-state index in [4.69, 9.17) is 11.6 Å². The van der Waals surface area contributed by atoms with Crippen LogP contribution in [0.2, 0.25) is 5.02 Å². The first-order valence-corrected chi connectivity index (χ1v) is 7.18. The summed E-state index contributed by atoms with van der Waals surface area (Å²) in [6, 6.07) is 16.3. The summed E-state index contributed by atoms with van der Waals surface area (Å²) in [5.74, 6) is 0. The summed E-state index contributed by atoms with van der Waals surface area (Å²) in [6.07, 6.45) is 0. The summed E-state index contributed by atoms with van der Waals surface area (Å²) in [5.41, 5.74) is 1.09. The van der Waals surface area contributed by atoms with Gasteiger partial charge in [-0.1, -0.05) is 48.0 Å². The number of rotatable bonds is 1. The minimum atomic E-state index is 0.791. The van der Waals surface area contributed by atoms with Crippen LogP contribution < -0.4 is 0 Å². The van der Waals surface area contributed by atoms with Crippen LogP contribution in [0.1, 0.15) is 0 Å². The average molecular weight is 324 g/mol. The molecule has 0 aliphatic carbocycles. The summed E-state index contributed by atoms with van der Waals surface area (Å²) < 4.78 is 2.40. The molecule has 0 saturated carbocycles. The van der Waals surface area contributed by atoms with E-state index in [0.29, 0.717) is 0 Å². The van der Waals surface area contributed by atoms with Crippen molar-refractivity contribution in [1.29, 1.82) is 0 Å². The molecule has 0 nitrogen and oxygen atoms in total. The molecule has 3 heteroatoms. The highest BCUT2D eigenvalue weighted by Gasteiger charge is 2.12. The zero-order chi connectivity index (χ0) is 11.8. The lowest BCUT2D eigenvalue weighted by Gasteiger charge is -2.01. The first-order valence-electron chi connectivity index (χ1n) is 5.19. The van der Waals surface area contributed by atoms with Gasteiger partial charge in [0.25, 0.3) is 0 Å². The Morgan fingerprint density at radius 3 is 2.41 bits per heavy atom. The number of thiophene rings is 1. The van der Waals surface area contributed by atoms with Crippen LogP contribution in [-0.4, -0.2) is 0 Å². The molecule has 0 atom stereocenters. The normalized spacial score (nSPS) is 10.9. The van der Waals surface area contributed by atoms with Gasteiger partial charge in [-0.05, 0) is 28.1 Å². The van der Waals surface area contributed by atoms with E-state index in [1.54, 1.807) is 11.3 Å². The Hall–Kier alpha value is -0.830. The molecule has 0 aliphatic rings. The Morgan fingerprint density at radius 1 is 0.941 bits per heavy atom. The minimum Gasteiger partial charge on any atom is -0.134 e. The van der Waals surface area contributed by atoms with Crippen molar-refractivity contribution in [3.05, 3.63) is 58.0 Å². The van der Waals surface area contributed by atoms with Gasteiger partial charge in [0.2, 0.25) is 0 Å². The largest absolute Gasteiger partial charge is 0.134 e. The van der Waals surface area contributed by atoms with E-state index in [9.17, 15) is 0 Å².